The smallest absolute Gasteiger partial charge is 0.318 e. The number of hydrogen-bond donors (Lipinski definition) is 2. The lowest BCUT2D eigenvalue weighted by Gasteiger charge is -2.34. The third-order valence-electron chi connectivity index (χ3n) is 3.94. The van der Waals surface area contributed by atoms with Gasteiger partial charge in [0.15, 0.2) is 0 Å². The van der Waals surface area contributed by atoms with E-state index in [1.54, 1.807) is 31.3 Å². The maximum atomic E-state index is 12.4. The third-order valence-corrected chi connectivity index (χ3v) is 3.94. The number of likely N-dealkylation sites (tertiary alicyclic amines) is 1. The first-order valence-corrected chi connectivity index (χ1v) is 7.37. The minimum absolute atomic E-state index is 0.140. The molecule has 6 heteroatoms. The lowest BCUT2D eigenvalue weighted by molar-refractivity contribution is 0.0715. The Morgan fingerprint density at radius 1 is 1.67 bits per heavy atom. The predicted molar refractivity (Wildman–Crippen MR) is 77.8 cm³/mol. The van der Waals surface area contributed by atoms with Gasteiger partial charge in [0.25, 0.3) is 0 Å². The highest BCUT2D eigenvalue weighted by molar-refractivity contribution is 5.74. The first-order valence-electron chi connectivity index (χ1n) is 7.37. The fraction of sp³-hybridized carbons (Fsp3) is 0.667. The molecule has 118 valence electrons. The maximum Gasteiger partial charge on any atom is 0.318 e. The Bertz CT molecular complexity index is 433. The summed E-state index contributed by atoms with van der Waals surface area (Å²) in [6.07, 6.45) is 3.06. The Labute approximate surface area is 125 Å². The first kappa shape index (κ1) is 15.9. The molecule has 2 amide bonds. The van der Waals surface area contributed by atoms with Crippen LogP contribution in [0.3, 0.4) is 0 Å². The van der Waals surface area contributed by atoms with Crippen LogP contribution in [-0.2, 0) is 4.74 Å². The molecule has 1 aliphatic heterocycles. The highest BCUT2D eigenvalue weighted by Crippen LogP contribution is 2.21. The Morgan fingerprint density at radius 2 is 2.48 bits per heavy atom. The number of methoxy groups -OCH3 is 1. The van der Waals surface area contributed by atoms with E-state index in [2.05, 4.69) is 5.32 Å². The molecule has 2 heterocycles. The number of hydrogen-bond acceptors (Lipinski definition) is 4. The highest BCUT2D eigenvalue weighted by atomic mass is 16.5. The van der Waals surface area contributed by atoms with Gasteiger partial charge < -0.3 is 24.5 Å². The molecule has 0 spiro atoms. The van der Waals surface area contributed by atoms with Gasteiger partial charge in [-0.15, -0.1) is 0 Å². The van der Waals surface area contributed by atoms with Crippen LogP contribution in [0, 0.1) is 5.92 Å². The van der Waals surface area contributed by atoms with E-state index < -0.39 is 0 Å². The van der Waals surface area contributed by atoms with E-state index in [-0.39, 0.29) is 24.1 Å². The van der Waals surface area contributed by atoms with Crippen LogP contribution in [0.25, 0.3) is 0 Å². The quantitative estimate of drug-likeness (QED) is 0.868. The second kappa shape index (κ2) is 7.47. The summed E-state index contributed by atoms with van der Waals surface area (Å²) >= 11 is 0. The van der Waals surface area contributed by atoms with Crippen molar-refractivity contribution in [2.75, 3.05) is 26.8 Å². The fourth-order valence-electron chi connectivity index (χ4n) is 2.68. The molecule has 2 N–H and O–H groups in total. The van der Waals surface area contributed by atoms with Crippen molar-refractivity contribution in [2.45, 2.75) is 31.9 Å². The number of ether oxygens (including phenoxy) is 1. The molecule has 0 bridgehead atoms. The van der Waals surface area contributed by atoms with Gasteiger partial charge in [-0.3, -0.25) is 0 Å². The summed E-state index contributed by atoms with van der Waals surface area (Å²) in [6, 6.07) is 3.16. The lowest BCUT2D eigenvalue weighted by Crippen LogP contribution is -2.48. The van der Waals surface area contributed by atoms with Crippen molar-refractivity contribution in [2.24, 2.45) is 5.92 Å². The van der Waals surface area contributed by atoms with Gasteiger partial charge in [0.2, 0.25) is 0 Å². The van der Waals surface area contributed by atoms with Gasteiger partial charge in [0.05, 0.1) is 19.0 Å². The second-order valence-corrected chi connectivity index (χ2v) is 5.56. The van der Waals surface area contributed by atoms with Gasteiger partial charge in [0, 0.05) is 26.1 Å². The van der Waals surface area contributed by atoms with Crippen molar-refractivity contribution < 1.29 is 19.1 Å². The topological polar surface area (TPSA) is 74.9 Å². The Hall–Kier alpha value is -1.53. The molecule has 1 aromatic heterocycles. The fourth-order valence-corrected chi connectivity index (χ4v) is 2.68. The van der Waals surface area contributed by atoms with E-state index in [4.69, 9.17) is 9.15 Å². The second-order valence-electron chi connectivity index (χ2n) is 5.56. The number of aliphatic hydroxyl groups excluding tert-OH is 1. The van der Waals surface area contributed by atoms with Crippen LogP contribution in [0.5, 0.6) is 0 Å². The summed E-state index contributed by atoms with van der Waals surface area (Å²) in [6.45, 7) is 3.43. The lowest BCUT2D eigenvalue weighted by atomic mass is 9.94. The molecule has 0 aromatic carbocycles. The van der Waals surface area contributed by atoms with Crippen molar-refractivity contribution in [1.29, 1.82) is 0 Å². The number of nitrogens with zero attached hydrogens (tertiary/aromatic N) is 1. The average Bonchev–Trinajstić information content (AvgIpc) is 3.01. The molecule has 3 unspecified atom stereocenters. The molecule has 1 saturated heterocycles. The summed E-state index contributed by atoms with van der Waals surface area (Å²) in [7, 11) is 1.59. The number of aliphatic hydroxyl groups is 1. The zero-order chi connectivity index (χ0) is 15.2. The Kier molecular flexibility index (Phi) is 5.64. The number of piperidine rings is 1. The van der Waals surface area contributed by atoms with Crippen LogP contribution in [0.15, 0.2) is 22.8 Å². The molecule has 0 aliphatic carbocycles. The SMILES string of the molecule is COCC(NC(=O)N1CCCC(C(C)O)C1)c1ccco1. The molecule has 21 heavy (non-hydrogen) atoms. The van der Waals surface area contributed by atoms with Crippen molar-refractivity contribution in [3.8, 4) is 0 Å². The van der Waals surface area contributed by atoms with Crippen molar-refractivity contribution >= 4 is 6.03 Å². The summed E-state index contributed by atoms with van der Waals surface area (Å²) < 4.78 is 10.5. The minimum atomic E-state index is -0.388. The molecule has 1 aromatic rings. The third kappa shape index (κ3) is 4.22. The van der Waals surface area contributed by atoms with Gasteiger partial charge in [0.1, 0.15) is 11.8 Å². The normalized spacial score (nSPS) is 21.9. The van der Waals surface area contributed by atoms with Crippen LogP contribution >= 0.6 is 0 Å². The highest BCUT2D eigenvalue weighted by Gasteiger charge is 2.28. The first-order chi connectivity index (χ1) is 10.1. The van der Waals surface area contributed by atoms with Crippen LogP contribution in [0.4, 0.5) is 4.79 Å². The number of furan rings is 1. The van der Waals surface area contributed by atoms with Gasteiger partial charge in [-0.05, 0) is 31.9 Å². The molecule has 1 aliphatic rings. The number of nitrogens with one attached hydrogen (secondary N) is 1. The zero-order valence-electron chi connectivity index (χ0n) is 12.6. The van der Waals surface area contributed by atoms with E-state index in [9.17, 15) is 9.90 Å². The summed E-state index contributed by atoms with van der Waals surface area (Å²) in [5.74, 6) is 0.822. The molecule has 6 nitrogen and oxygen atoms in total. The van der Waals surface area contributed by atoms with E-state index in [1.165, 1.54) is 0 Å². The number of amides is 2. The summed E-state index contributed by atoms with van der Waals surface area (Å²) in [5.41, 5.74) is 0. The largest absolute Gasteiger partial charge is 0.467 e. The molecular weight excluding hydrogens is 272 g/mol. The zero-order valence-corrected chi connectivity index (χ0v) is 12.6. The molecular formula is C15H24N2O4. The van der Waals surface area contributed by atoms with Crippen LogP contribution < -0.4 is 5.32 Å². The molecule has 3 atom stereocenters. The van der Waals surface area contributed by atoms with Gasteiger partial charge >= 0.3 is 6.03 Å². The molecule has 0 saturated carbocycles. The summed E-state index contributed by atoms with van der Waals surface area (Å²) in [4.78, 5) is 14.1. The monoisotopic (exact) mass is 296 g/mol. The average molecular weight is 296 g/mol. The van der Waals surface area contributed by atoms with Gasteiger partial charge in [-0.25, -0.2) is 4.79 Å². The van der Waals surface area contributed by atoms with Gasteiger partial charge in [-0.1, -0.05) is 0 Å². The van der Waals surface area contributed by atoms with E-state index in [0.29, 0.717) is 25.5 Å². The molecule has 2 rings (SSSR count). The van der Waals surface area contributed by atoms with Crippen molar-refractivity contribution in [1.82, 2.24) is 10.2 Å². The van der Waals surface area contributed by atoms with E-state index >= 15 is 0 Å². The Morgan fingerprint density at radius 3 is 3.10 bits per heavy atom. The van der Waals surface area contributed by atoms with Gasteiger partial charge in [-0.2, -0.15) is 0 Å². The van der Waals surface area contributed by atoms with Crippen LogP contribution in [-0.4, -0.2) is 48.9 Å². The standard InChI is InChI=1S/C15H24N2O4/c1-11(18)12-5-3-7-17(9-12)15(19)16-13(10-20-2)14-6-4-8-21-14/h4,6,8,11-13,18H,3,5,7,9-10H2,1-2H3,(H,16,19). The Balaban J connectivity index is 1.95. The predicted octanol–water partition coefficient (Wildman–Crippen LogP) is 1.77. The van der Waals surface area contributed by atoms with E-state index in [1.807, 2.05) is 6.07 Å². The molecule has 0 radical (unpaired) electrons. The number of carbonyl (C=O) groups is 1. The number of carbonyl (C=O) groups excluding carboxylic acids is 1. The van der Waals surface area contributed by atoms with Crippen LogP contribution in [0.1, 0.15) is 31.6 Å². The van der Waals surface area contributed by atoms with Crippen LogP contribution in [0.2, 0.25) is 0 Å². The number of rotatable bonds is 5. The number of urea groups is 1. The summed E-state index contributed by atoms with van der Waals surface area (Å²) in [5, 5.41) is 12.6. The van der Waals surface area contributed by atoms with Crippen molar-refractivity contribution in [3.63, 3.8) is 0 Å². The maximum absolute atomic E-state index is 12.4. The molecule has 1 fully saturated rings. The minimum Gasteiger partial charge on any atom is -0.467 e. The van der Waals surface area contributed by atoms with Crippen molar-refractivity contribution in [3.05, 3.63) is 24.2 Å². The van der Waals surface area contributed by atoms with E-state index in [0.717, 1.165) is 12.8 Å².